The molecule has 102 valence electrons. The van der Waals surface area contributed by atoms with Crippen LogP contribution in [-0.4, -0.2) is 13.1 Å². The van der Waals surface area contributed by atoms with E-state index in [-0.39, 0.29) is 5.41 Å². The van der Waals surface area contributed by atoms with E-state index in [1.165, 1.54) is 11.3 Å². The average Bonchev–Trinajstić information content (AvgIpc) is 2.35. The molecule has 1 aromatic rings. The number of nitriles is 1. The molecule has 0 N–H and O–H groups in total. The van der Waals surface area contributed by atoms with E-state index in [1.807, 2.05) is 0 Å². The van der Waals surface area contributed by atoms with Gasteiger partial charge in [-0.15, -0.1) is 0 Å². The zero-order valence-corrected chi connectivity index (χ0v) is 13.5. The van der Waals surface area contributed by atoms with E-state index >= 15 is 0 Å². The van der Waals surface area contributed by atoms with Gasteiger partial charge in [0.15, 0.2) is 0 Å². The predicted molar refractivity (Wildman–Crippen MR) is 83.2 cm³/mol. The van der Waals surface area contributed by atoms with Crippen LogP contribution in [0, 0.1) is 29.6 Å². The lowest BCUT2D eigenvalue weighted by atomic mass is 9.72. The molecule has 0 aliphatic carbocycles. The molecule has 3 heteroatoms. The molecule has 1 fully saturated rings. The molecule has 0 radical (unpaired) electrons. The predicted octanol–water partition coefficient (Wildman–Crippen LogP) is 4.52. The van der Waals surface area contributed by atoms with Crippen LogP contribution < -0.4 is 4.90 Å². The molecule has 19 heavy (non-hydrogen) atoms. The third-order valence-electron chi connectivity index (χ3n) is 4.42. The first kappa shape index (κ1) is 14.4. The van der Waals surface area contributed by atoms with Gasteiger partial charge >= 0.3 is 0 Å². The summed E-state index contributed by atoms with van der Waals surface area (Å²) in [4.78, 5) is 2.42. The van der Waals surface area contributed by atoms with Gasteiger partial charge < -0.3 is 4.90 Å². The Hall–Kier alpha value is -1.01. The summed E-state index contributed by atoms with van der Waals surface area (Å²) >= 11 is 3.55. The van der Waals surface area contributed by atoms with Crippen LogP contribution in [0.4, 0.5) is 5.69 Å². The van der Waals surface area contributed by atoms with Gasteiger partial charge in [0.1, 0.15) is 0 Å². The van der Waals surface area contributed by atoms with Crippen LogP contribution in [0.2, 0.25) is 0 Å². The summed E-state index contributed by atoms with van der Waals surface area (Å²) in [6.45, 7) is 8.77. The number of nitrogens with zero attached hydrogens (tertiary/aromatic N) is 2. The second-order valence-electron chi connectivity index (χ2n) is 6.18. The minimum Gasteiger partial charge on any atom is -0.371 e. The number of piperidine rings is 1. The molecule has 1 aromatic carbocycles. The molecule has 1 saturated heterocycles. The lowest BCUT2D eigenvalue weighted by Crippen LogP contribution is -2.44. The van der Waals surface area contributed by atoms with Gasteiger partial charge in [0.2, 0.25) is 0 Å². The lowest BCUT2D eigenvalue weighted by molar-refractivity contribution is 0.174. The van der Waals surface area contributed by atoms with Crippen molar-refractivity contribution in [2.24, 2.45) is 11.3 Å². The van der Waals surface area contributed by atoms with Crippen molar-refractivity contribution in [3.8, 4) is 6.07 Å². The summed E-state index contributed by atoms with van der Waals surface area (Å²) in [7, 11) is 0. The number of hydrogen-bond donors (Lipinski definition) is 0. The third kappa shape index (κ3) is 3.12. The fourth-order valence-corrected chi connectivity index (χ4v) is 2.99. The van der Waals surface area contributed by atoms with E-state index in [1.54, 1.807) is 0 Å². The van der Waals surface area contributed by atoms with Crippen molar-refractivity contribution in [1.82, 2.24) is 0 Å². The Kier molecular flexibility index (Phi) is 4.20. The Morgan fingerprint density at radius 1 is 1.47 bits per heavy atom. The Morgan fingerprint density at radius 2 is 2.21 bits per heavy atom. The van der Waals surface area contributed by atoms with Gasteiger partial charge in [0.05, 0.1) is 6.07 Å². The molecule has 1 heterocycles. The molecule has 2 rings (SSSR count). The monoisotopic (exact) mass is 320 g/mol. The number of aryl methyl sites for hydroxylation is 1. The Bertz CT molecular complexity index is 502. The average molecular weight is 321 g/mol. The summed E-state index contributed by atoms with van der Waals surface area (Å²) in [5.74, 6) is 0.454. The van der Waals surface area contributed by atoms with Gasteiger partial charge in [0, 0.05) is 29.7 Å². The molecule has 1 unspecified atom stereocenters. The van der Waals surface area contributed by atoms with Crippen molar-refractivity contribution in [2.45, 2.75) is 33.6 Å². The molecule has 0 aromatic heterocycles. The molecule has 1 atom stereocenters. The molecule has 1 aliphatic heterocycles. The number of halogens is 1. The molecule has 0 saturated carbocycles. The highest BCUT2D eigenvalue weighted by atomic mass is 79.9. The van der Waals surface area contributed by atoms with Gasteiger partial charge in [-0.2, -0.15) is 5.26 Å². The maximum absolute atomic E-state index is 9.01. The number of anilines is 1. The van der Waals surface area contributed by atoms with E-state index < -0.39 is 0 Å². The van der Waals surface area contributed by atoms with Crippen molar-refractivity contribution in [3.05, 3.63) is 28.2 Å². The molecular weight excluding hydrogens is 300 g/mol. The van der Waals surface area contributed by atoms with Crippen molar-refractivity contribution >= 4 is 21.6 Å². The van der Waals surface area contributed by atoms with Crippen LogP contribution in [0.1, 0.15) is 32.3 Å². The summed E-state index contributed by atoms with van der Waals surface area (Å²) in [6.07, 6.45) is 1.80. The van der Waals surface area contributed by atoms with Gasteiger partial charge in [-0.25, -0.2) is 0 Å². The van der Waals surface area contributed by atoms with E-state index in [0.29, 0.717) is 12.3 Å². The van der Waals surface area contributed by atoms with Gasteiger partial charge in [-0.3, -0.25) is 0 Å². The minimum absolute atomic E-state index is 0.274. The first-order valence-corrected chi connectivity index (χ1v) is 7.61. The summed E-state index contributed by atoms with van der Waals surface area (Å²) < 4.78 is 1.15. The standard InChI is InChI=1S/C16H21BrN2/c1-12-10-14(4-5-15(12)17)19-9-7-16(2,3)13(11-19)6-8-18/h4-5,10,13H,6-7,9,11H2,1-3H3. The Labute approximate surface area is 124 Å². The first-order chi connectivity index (χ1) is 8.94. The van der Waals surface area contributed by atoms with E-state index in [9.17, 15) is 0 Å². The van der Waals surface area contributed by atoms with E-state index in [4.69, 9.17) is 5.26 Å². The second-order valence-corrected chi connectivity index (χ2v) is 7.03. The molecule has 0 spiro atoms. The first-order valence-electron chi connectivity index (χ1n) is 6.82. The summed E-state index contributed by atoms with van der Waals surface area (Å²) in [5, 5.41) is 9.01. The fraction of sp³-hybridized carbons (Fsp3) is 0.562. The maximum Gasteiger partial charge on any atom is 0.0625 e. The summed E-state index contributed by atoms with van der Waals surface area (Å²) in [5.41, 5.74) is 2.81. The largest absolute Gasteiger partial charge is 0.371 e. The van der Waals surface area contributed by atoms with Crippen LogP contribution in [0.5, 0.6) is 0 Å². The van der Waals surface area contributed by atoms with Crippen molar-refractivity contribution in [3.63, 3.8) is 0 Å². The molecule has 2 nitrogen and oxygen atoms in total. The normalized spacial score (nSPS) is 22.1. The number of benzene rings is 1. The highest BCUT2D eigenvalue weighted by Gasteiger charge is 2.35. The minimum atomic E-state index is 0.274. The third-order valence-corrected chi connectivity index (χ3v) is 5.31. The zero-order valence-electron chi connectivity index (χ0n) is 11.9. The van der Waals surface area contributed by atoms with E-state index in [0.717, 1.165) is 24.0 Å². The van der Waals surface area contributed by atoms with Gasteiger partial charge in [-0.05, 0) is 48.4 Å². The van der Waals surface area contributed by atoms with Crippen molar-refractivity contribution < 1.29 is 0 Å². The Morgan fingerprint density at radius 3 is 2.84 bits per heavy atom. The molecule has 1 aliphatic rings. The van der Waals surface area contributed by atoms with Gasteiger partial charge in [-0.1, -0.05) is 29.8 Å². The van der Waals surface area contributed by atoms with Crippen LogP contribution in [0.3, 0.4) is 0 Å². The van der Waals surface area contributed by atoms with Crippen LogP contribution in [0.15, 0.2) is 22.7 Å². The molecular formula is C16H21BrN2. The number of hydrogen-bond acceptors (Lipinski definition) is 2. The van der Waals surface area contributed by atoms with Crippen LogP contribution in [0.25, 0.3) is 0 Å². The topological polar surface area (TPSA) is 27.0 Å². The quantitative estimate of drug-likeness (QED) is 0.800. The van der Waals surface area contributed by atoms with Gasteiger partial charge in [0.25, 0.3) is 0 Å². The zero-order chi connectivity index (χ0) is 14.0. The molecule has 0 amide bonds. The summed E-state index contributed by atoms with van der Waals surface area (Å²) in [6, 6.07) is 8.86. The highest BCUT2D eigenvalue weighted by Crippen LogP contribution is 2.39. The highest BCUT2D eigenvalue weighted by molar-refractivity contribution is 9.10. The van der Waals surface area contributed by atoms with Crippen LogP contribution in [-0.2, 0) is 0 Å². The fourth-order valence-electron chi connectivity index (χ4n) is 2.74. The van der Waals surface area contributed by atoms with Crippen LogP contribution >= 0.6 is 15.9 Å². The maximum atomic E-state index is 9.01. The van der Waals surface area contributed by atoms with Crippen molar-refractivity contribution in [2.75, 3.05) is 18.0 Å². The SMILES string of the molecule is Cc1cc(N2CCC(C)(C)C(CC#N)C2)ccc1Br. The van der Waals surface area contributed by atoms with Crippen molar-refractivity contribution in [1.29, 1.82) is 5.26 Å². The van der Waals surface area contributed by atoms with E-state index in [2.05, 4.69) is 65.9 Å². The number of rotatable bonds is 2. The second kappa shape index (κ2) is 5.54. The lowest BCUT2D eigenvalue weighted by Gasteiger charge is -2.44. The smallest absolute Gasteiger partial charge is 0.0625 e. The molecule has 0 bridgehead atoms. The Balaban J connectivity index is 2.18.